The molecule has 122 valence electrons. The lowest BCUT2D eigenvalue weighted by atomic mass is 10.2. The molecule has 3 heterocycles. The van der Waals surface area contributed by atoms with Crippen LogP contribution in [0.25, 0.3) is 16.5 Å². The van der Waals surface area contributed by atoms with Gasteiger partial charge in [0.2, 0.25) is 0 Å². The first-order valence-electron chi connectivity index (χ1n) is 7.32. The molecule has 0 aliphatic carbocycles. The van der Waals surface area contributed by atoms with Crippen LogP contribution in [-0.4, -0.2) is 24.1 Å². The molecule has 0 fully saturated rings. The molecule has 0 spiro atoms. The lowest BCUT2D eigenvalue weighted by molar-refractivity contribution is 0.791. The monoisotopic (exact) mass is 375 g/mol. The van der Waals surface area contributed by atoms with Crippen molar-refractivity contribution in [3.05, 3.63) is 52.1 Å². The molecule has 5 nitrogen and oxygen atoms in total. The van der Waals surface area contributed by atoms with Crippen LogP contribution in [0.4, 0.5) is 0 Å². The molecule has 24 heavy (non-hydrogen) atoms. The molecule has 0 bridgehead atoms. The summed E-state index contributed by atoms with van der Waals surface area (Å²) in [5.74, 6) is 1.65. The molecule has 0 unspecified atom stereocenters. The molecule has 3 aromatic heterocycles. The molecule has 0 N–H and O–H groups in total. The predicted molar refractivity (Wildman–Crippen MR) is 98.8 cm³/mol. The Balaban J connectivity index is 1.62. The average molecular weight is 376 g/mol. The summed E-state index contributed by atoms with van der Waals surface area (Å²) in [7, 11) is 1.99. The van der Waals surface area contributed by atoms with Gasteiger partial charge in [0.05, 0.1) is 5.69 Å². The van der Waals surface area contributed by atoms with E-state index in [1.54, 1.807) is 23.1 Å². The van der Waals surface area contributed by atoms with Gasteiger partial charge < -0.3 is 4.57 Å². The van der Waals surface area contributed by atoms with Gasteiger partial charge in [-0.25, -0.2) is 4.98 Å². The van der Waals surface area contributed by atoms with Crippen LogP contribution in [0.3, 0.4) is 0 Å². The molecule has 0 aliphatic rings. The second-order valence-corrected chi connectivity index (χ2v) is 7.63. The van der Waals surface area contributed by atoms with Crippen molar-refractivity contribution in [3.63, 3.8) is 0 Å². The van der Waals surface area contributed by atoms with Crippen molar-refractivity contribution in [2.75, 3.05) is 0 Å². The third-order valence-corrected chi connectivity index (χ3v) is 5.86. The zero-order chi connectivity index (χ0) is 16.7. The van der Waals surface area contributed by atoms with E-state index in [9.17, 15) is 0 Å². The molecule has 0 aliphatic heterocycles. The number of rotatable bonds is 4. The van der Waals surface area contributed by atoms with E-state index in [0.29, 0.717) is 0 Å². The van der Waals surface area contributed by atoms with E-state index in [4.69, 9.17) is 11.6 Å². The van der Waals surface area contributed by atoms with E-state index >= 15 is 0 Å². The van der Waals surface area contributed by atoms with Crippen LogP contribution in [0.15, 0.2) is 41.0 Å². The molecule has 0 radical (unpaired) electrons. The minimum Gasteiger partial charge on any atom is -0.304 e. The first-order valence-corrected chi connectivity index (χ1v) is 9.57. The van der Waals surface area contributed by atoms with E-state index in [1.807, 2.05) is 54.4 Å². The molecule has 0 saturated heterocycles. The topological polar surface area (TPSA) is 48.0 Å². The Morgan fingerprint density at radius 1 is 1.21 bits per heavy atom. The van der Waals surface area contributed by atoms with Crippen molar-refractivity contribution >= 4 is 39.7 Å². The summed E-state index contributed by atoms with van der Waals surface area (Å²) in [5.41, 5.74) is 3.17. The van der Waals surface area contributed by atoms with E-state index in [1.165, 1.54) is 5.56 Å². The minimum atomic E-state index is 0.751. The SMILES string of the molecule is Cc1nc2sccn2c1-c1nnc(SCc2ccc(Cl)cc2)n1C. The summed E-state index contributed by atoms with van der Waals surface area (Å²) in [6.45, 7) is 2.00. The first kappa shape index (κ1) is 15.7. The number of fused-ring (bicyclic) bond motifs is 1. The maximum atomic E-state index is 5.93. The van der Waals surface area contributed by atoms with Crippen molar-refractivity contribution in [2.45, 2.75) is 17.8 Å². The van der Waals surface area contributed by atoms with Gasteiger partial charge in [0.25, 0.3) is 0 Å². The van der Waals surface area contributed by atoms with Crippen LogP contribution in [0, 0.1) is 6.92 Å². The third-order valence-electron chi connectivity index (χ3n) is 3.76. The number of imidazole rings is 1. The van der Waals surface area contributed by atoms with E-state index in [2.05, 4.69) is 19.6 Å². The van der Waals surface area contributed by atoms with Crippen molar-refractivity contribution in [1.82, 2.24) is 24.1 Å². The predicted octanol–water partition coefficient (Wildman–Crippen LogP) is 4.45. The van der Waals surface area contributed by atoms with Crippen LogP contribution >= 0.6 is 34.7 Å². The second-order valence-electron chi connectivity index (χ2n) is 5.38. The molecule has 4 rings (SSSR count). The zero-order valence-electron chi connectivity index (χ0n) is 13.1. The van der Waals surface area contributed by atoms with Gasteiger partial charge in [0.1, 0.15) is 5.69 Å². The molecule has 4 aromatic rings. The standard InChI is InChI=1S/C16H14ClN5S2/c1-10-13(22-7-8-23-15(22)18-10)14-19-20-16(21(14)2)24-9-11-3-5-12(17)6-4-11/h3-8H,9H2,1-2H3. The number of hydrogen-bond donors (Lipinski definition) is 0. The Kier molecular flexibility index (Phi) is 4.07. The number of aryl methyl sites for hydroxylation is 1. The third kappa shape index (κ3) is 2.72. The van der Waals surface area contributed by atoms with Gasteiger partial charge in [0, 0.05) is 29.4 Å². The number of hydrogen-bond acceptors (Lipinski definition) is 5. The smallest absolute Gasteiger partial charge is 0.194 e. The van der Waals surface area contributed by atoms with E-state index in [-0.39, 0.29) is 0 Å². The maximum absolute atomic E-state index is 5.93. The lowest BCUT2D eigenvalue weighted by Crippen LogP contribution is -1.98. The van der Waals surface area contributed by atoms with Crippen LogP contribution in [0.2, 0.25) is 5.02 Å². The summed E-state index contributed by atoms with van der Waals surface area (Å²) in [4.78, 5) is 5.56. The maximum Gasteiger partial charge on any atom is 0.194 e. The van der Waals surface area contributed by atoms with Crippen LogP contribution in [0.5, 0.6) is 0 Å². The Morgan fingerprint density at radius 3 is 2.79 bits per heavy atom. The fourth-order valence-corrected chi connectivity index (χ4v) is 4.29. The minimum absolute atomic E-state index is 0.751. The van der Waals surface area contributed by atoms with Crippen molar-refractivity contribution < 1.29 is 0 Å². The molecule has 0 saturated carbocycles. The fourth-order valence-electron chi connectivity index (χ4n) is 2.54. The highest BCUT2D eigenvalue weighted by molar-refractivity contribution is 7.98. The zero-order valence-corrected chi connectivity index (χ0v) is 15.5. The highest BCUT2D eigenvalue weighted by atomic mass is 35.5. The van der Waals surface area contributed by atoms with Gasteiger partial charge >= 0.3 is 0 Å². The van der Waals surface area contributed by atoms with E-state index < -0.39 is 0 Å². The summed E-state index contributed by atoms with van der Waals surface area (Å²) >= 11 is 9.20. The summed E-state index contributed by atoms with van der Waals surface area (Å²) in [6.07, 6.45) is 2.02. The number of thioether (sulfide) groups is 1. The molecular weight excluding hydrogens is 362 g/mol. The average Bonchev–Trinajstić information content (AvgIpc) is 3.23. The number of halogens is 1. The van der Waals surface area contributed by atoms with Gasteiger partial charge in [0.15, 0.2) is 15.9 Å². The van der Waals surface area contributed by atoms with Crippen molar-refractivity contribution in [1.29, 1.82) is 0 Å². The van der Waals surface area contributed by atoms with Gasteiger partial charge in [-0.2, -0.15) is 0 Å². The summed E-state index contributed by atoms with van der Waals surface area (Å²) in [5, 5.41) is 12.4. The van der Waals surface area contributed by atoms with Crippen molar-refractivity contribution in [3.8, 4) is 11.5 Å². The number of benzene rings is 1. The number of thiazole rings is 1. The first-order chi connectivity index (χ1) is 11.6. The molecule has 0 amide bonds. The summed E-state index contributed by atoms with van der Waals surface area (Å²) in [6, 6.07) is 7.87. The van der Waals surface area contributed by atoms with Gasteiger partial charge in [-0.05, 0) is 24.6 Å². The number of aromatic nitrogens is 5. The Labute approximate surface area is 152 Å². The quantitative estimate of drug-likeness (QED) is 0.494. The molecule has 1 aromatic carbocycles. The number of nitrogens with zero attached hydrogens (tertiary/aromatic N) is 5. The fraction of sp³-hybridized carbons (Fsp3) is 0.188. The largest absolute Gasteiger partial charge is 0.304 e. The Morgan fingerprint density at radius 2 is 2.00 bits per heavy atom. The van der Waals surface area contributed by atoms with Crippen LogP contribution in [-0.2, 0) is 12.8 Å². The highest BCUT2D eigenvalue weighted by Gasteiger charge is 2.18. The molecule has 8 heteroatoms. The van der Waals surface area contributed by atoms with Crippen LogP contribution < -0.4 is 0 Å². The Bertz CT molecular complexity index is 1000. The summed E-state index contributed by atoms with van der Waals surface area (Å²) < 4.78 is 4.09. The highest BCUT2D eigenvalue weighted by Crippen LogP contribution is 2.29. The van der Waals surface area contributed by atoms with E-state index in [0.717, 1.165) is 38.1 Å². The van der Waals surface area contributed by atoms with Gasteiger partial charge in [-0.3, -0.25) is 4.40 Å². The lowest BCUT2D eigenvalue weighted by Gasteiger charge is -2.04. The molecule has 0 atom stereocenters. The van der Waals surface area contributed by atoms with Crippen LogP contribution in [0.1, 0.15) is 11.3 Å². The second kappa shape index (κ2) is 6.23. The normalized spacial score (nSPS) is 11.5. The van der Waals surface area contributed by atoms with Gasteiger partial charge in [-0.15, -0.1) is 21.5 Å². The Hall–Kier alpha value is -1.83. The van der Waals surface area contributed by atoms with Gasteiger partial charge in [-0.1, -0.05) is 35.5 Å². The van der Waals surface area contributed by atoms with Crippen molar-refractivity contribution in [2.24, 2.45) is 7.05 Å². The molecular formula is C16H14ClN5S2.